The molecule has 6 nitrogen and oxygen atoms in total. The van der Waals surface area contributed by atoms with Gasteiger partial charge in [-0.3, -0.25) is 14.4 Å². The number of carbonyl (C=O) groups is 2. The molecule has 6 heteroatoms. The number of carbonyl (C=O) groups excluding carboxylic acids is 2. The number of allylic oxidation sites excluding steroid dienone is 2. The number of ether oxygens (including phenoxy) is 1. The van der Waals surface area contributed by atoms with Crippen molar-refractivity contribution in [1.29, 1.82) is 0 Å². The van der Waals surface area contributed by atoms with Crippen molar-refractivity contribution in [2.24, 2.45) is 5.92 Å². The van der Waals surface area contributed by atoms with E-state index in [0.29, 0.717) is 6.42 Å². The van der Waals surface area contributed by atoms with E-state index in [1.807, 2.05) is 66.7 Å². The van der Waals surface area contributed by atoms with Crippen molar-refractivity contribution in [1.82, 2.24) is 4.57 Å². The molecule has 0 saturated heterocycles. The van der Waals surface area contributed by atoms with Gasteiger partial charge in [0.1, 0.15) is 12.3 Å². The van der Waals surface area contributed by atoms with Crippen LogP contribution < -0.4 is 10.2 Å². The fourth-order valence-corrected chi connectivity index (χ4v) is 4.03. The molecule has 168 valence electrons. The lowest BCUT2D eigenvalue weighted by Crippen LogP contribution is -2.31. The van der Waals surface area contributed by atoms with Crippen molar-refractivity contribution in [2.45, 2.75) is 26.4 Å². The second-order valence-corrected chi connectivity index (χ2v) is 8.05. The Balaban J connectivity index is 1.86. The number of aromatic nitrogens is 1. The Hall–Kier alpha value is -3.77. The van der Waals surface area contributed by atoms with E-state index >= 15 is 0 Å². The third-order valence-electron chi connectivity index (χ3n) is 5.71. The number of ketones is 2. The lowest BCUT2D eigenvalue weighted by Gasteiger charge is -2.27. The van der Waals surface area contributed by atoms with Crippen LogP contribution in [0, 0.1) is 5.92 Å². The first-order chi connectivity index (χ1) is 16.0. The summed E-state index contributed by atoms with van der Waals surface area (Å²) in [5.41, 5.74) is 2.09. The highest BCUT2D eigenvalue weighted by atomic mass is 16.5. The molecule has 3 aromatic rings. The maximum Gasteiger partial charge on any atom is 0.234 e. The summed E-state index contributed by atoms with van der Waals surface area (Å²) in [6, 6.07) is 19.0. The van der Waals surface area contributed by atoms with Gasteiger partial charge in [0.2, 0.25) is 5.43 Å². The van der Waals surface area contributed by atoms with Crippen molar-refractivity contribution in [3.05, 3.63) is 106 Å². The van der Waals surface area contributed by atoms with Gasteiger partial charge < -0.3 is 14.4 Å². The van der Waals surface area contributed by atoms with Gasteiger partial charge in [0.25, 0.3) is 0 Å². The molecule has 2 aromatic carbocycles. The summed E-state index contributed by atoms with van der Waals surface area (Å²) in [5.74, 6) is -1.42. The van der Waals surface area contributed by atoms with Gasteiger partial charge in [-0.25, -0.2) is 0 Å². The molecule has 1 aliphatic rings. The Morgan fingerprint density at radius 2 is 1.64 bits per heavy atom. The summed E-state index contributed by atoms with van der Waals surface area (Å²) in [6.07, 6.45) is 3.98. The molecule has 0 amide bonds. The minimum absolute atomic E-state index is 0.0332. The van der Waals surface area contributed by atoms with Crippen LogP contribution in [0.25, 0.3) is 5.70 Å². The number of rotatable bonds is 8. The first-order valence-electron chi connectivity index (χ1n) is 10.9. The van der Waals surface area contributed by atoms with Gasteiger partial charge in [0.05, 0.1) is 5.56 Å². The van der Waals surface area contributed by atoms with Crippen LogP contribution in [0.2, 0.25) is 0 Å². The zero-order valence-corrected chi connectivity index (χ0v) is 18.4. The van der Waals surface area contributed by atoms with Crippen molar-refractivity contribution < 1.29 is 19.4 Å². The molecule has 0 fully saturated rings. The molecule has 33 heavy (non-hydrogen) atoms. The third-order valence-corrected chi connectivity index (χ3v) is 5.71. The van der Waals surface area contributed by atoms with Gasteiger partial charge in [0, 0.05) is 30.8 Å². The van der Waals surface area contributed by atoms with E-state index in [4.69, 9.17) is 4.74 Å². The van der Waals surface area contributed by atoms with Gasteiger partial charge in [-0.1, -0.05) is 66.7 Å². The molecule has 4 rings (SSSR count). The number of hydrogen-bond donors (Lipinski definition) is 1. The predicted molar refractivity (Wildman–Crippen MR) is 125 cm³/mol. The fraction of sp³-hybridized carbons (Fsp3) is 0.222. The highest BCUT2D eigenvalue weighted by Crippen LogP contribution is 2.32. The van der Waals surface area contributed by atoms with Crippen LogP contribution in [0.4, 0.5) is 0 Å². The van der Waals surface area contributed by atoms with Gasteiger partial charge >= 0.3 is 0 Å². The highest BCUT2D eigenvalue weighted by Gasteiger charge is 2.33. The number of nitrogens with zero attached hydrogens (tertiary/aromatic N) is 1. The van der Waals surface area contributed by atoms with Crippen LogP contribution in [0.3, 0.4) is 0 Å². The lowest BCUT2D eigenvalue weighted by atomic mass is 9.90. The number of pyridine rings is 1. The molecule has 0 radical (unpaired) electrons. The first-order valence-corrected chi connectivity index (χ1v) is 10.9. The lowest BCUT2D eigenvalue weighted by molar-refractivity contribution is 0.0906. The summed E-state index contributed by atoms with van der Waals surface area (Å²) < 4.78 is 7.52. The SMILES string of the molecule is CC(=O)c1cn2c(c(OCc3ccccc3)c1=O)C(=O)C(CCO)C=C2Cc1ccccc1. The van der Waals surface area contributed by atoms with Crippen molar-refractivity contribution >= 4 is 17.3 Å². The van der Waals surface area contributed by atoms with Crippen LogP contribution in [0.1, 0.15) is 45.3 Å². The summed E-state index contributed by atoms with van der Waals surface area (Å²) in [6.45, 7) is 1.24. The number of aliphatic hydroxyl groups is 1. The van der Waals surface area contributed by atoms with Gasteiger partial charge in [-0.15, -0.1) is 0 Å². The molecular weight excluding hydrogens is 418 g/mol. The molecule has 1 aliphatic heterocycles. The van der Waals surface area contributed by atoms with Crippen molar-refractivity contribution in [3.8, 4) is 5.75 Å². The van der Waals surface area contributed by atoms with E-state index in [0.717, 1.165) is 16.8 Å². The van der Waals surface area contributed by atoms with E-state index in [1.165, 1.54) is 13.1 Å². The van der Waals surface area contributed by atoms with Crippen molar-refractivity contribution in [3.63, 3.8) is 0 Å². The van der Waals surface area contributed by atoms with E-state index in [1.54, 1.807) is 4.57 Å². The van der Waals surface area contributed by atoms with E-state index in [-0.39, 0.29) is 42.4 Å². The first kappa shape index (κ1) is 22.4. The molecule has 1 N–H and O–H groups in total. The molecule has 1 aromatic heterocycles. The standard InChI is InChI=1S/C27H25NO5/c1-18(30)23-16-28-22(14-19-8-4-2-5-9-19)15-21(12-13-29)25(31)24(28)27(26(23)32)33-17-20-10-6-3-7-11-20/h2-11,15-16,21,29H,12-14,17H2,1H3. The number of fused-ring (bicyclic) bond motifs is 1. The normalized spacial score (nSPS) is 15.0. The molecule has 0 aliphatic carbocycles. The van der Waals surface area contributed by atoms with E-state index in [2.05, 4.69) is 0 Å². The Morgan fingerprint density at radius 1 is 1.00 bits per heavy atom. The minimum atomic E-state index is -0.596. The van der Waals surface area contributed by atoms with Crippen LogP contribution in [0.15, 0.2) is 77.7 Å². The summed E-state index contributed by atoms with van der Waals surface area (Å²) in [4.78, 5) is 38.9. The molecule has 2 heterocycles. The Morgan fingerprint density at radius 3 is 2.24 bits per heavy atom. The Bertz CT molecular complexity index is 1260. The molecule has 1 unspecified atom stereocenters. The summed E-state index contributed by atoms with van der Waals surface area (Å²) >= 11 is 0. The van der Waals surface area contributed by atoms with Crippen LogP contribution in [-0.4, -0.2) is 27.8 Å². The Kier molecular flexibility index (Phi) is 6.66. The maximum absolute atomic E-state index is 13.4. The Labute approximate surface area is 191 Å². The highest BCUT2D eigenvalue weighted by molar-refractivity contribution is 6.04. The van der Waals surface area contributed by atoms with Crippen LogP contribution in [0.5, 0.6) is 5.75 Å². The second-order valence-electron chi connectivity index (χ2n) is 8.05. The second kappa shape index (κ2) is 9.79. The smallest absolute Gasteiger partial charge is 0.234 e. The molecule has 0 saturated carbocycles. The molecule has 0 spiro atoms. The average molecular weight is 443 g/mol. The predicted octanol–water partition coefficient (Wildman–Crippen LogP) is 3.91. The quantitative estimate of drug-likeness (QED) is 0.534. The van der Waals surface area contributed by atoms with Crippen molar-refractivity contribution in [2.75, 3.05) is 6.61 Å². The maximum atomic E-state index is 13.4. The topological polar surface area (TPSA) is 85.6 Å². The molecular formula is C27H25NO5. The van der Waals surface area contributed by atoms with Gasteiger partial charge in [-0.2, -0.15) is 0 Å². The van der Waals surface area contributed by atoms with E-state index < -0.39 is 17.1 Å². The zero-order valence-electron chi connectivity index (χ0n) is 18.4. The summed E-state index contributed by atoms with van der Waals surface area (Å²) in [5, 5.41) is 9.53. The number of benzene rings is 2. The zero-order chi connectivity index (χ0) is 23.4. The van der Waals surface area contributed by atoms with Gasteiger partial charge in [-0.05, 0) is 24.5 Å². The van der Waals surface area contributed by atoms with E-state index in [9.17, 15) is 19.5 Å². The largest absolute Gasteiger partial charge is 0.483 e. The molecule has 0 bridgehead atoms. The minimum Gasteiger partial charge on any atom is -0.483 e. The monoisotopic (exact) mass is 443 g/mol. The number of aliphatic hydroxyl groups excluding tert-OH is 1. The van der Waals surface area contributed by atoms with Gasteiger partial charge in [0.15, 0.2) is 17.3 Å². The summed E-state index contributed by atoms with van der Waals surface area (Å²) in [7, 11) is 0. The average Bonchev–Trinajstić information content (AvgIpc) is 2.82. The van der Waals surface area contributed by atoms with Crippen LogP contribution >= 0.6 is 0 Å². The number of Topliss-reactive ketones (excluding diaryl/α,β-unsaturated/α-hetero) is 2. The third kappa shape index (κ3) is 4.71. The number of hydrogen-bond acceptors (Lipinski definition) is 5. The molecule has 1 atom stereocenters. The fourth-order valence-electron chi connectivity index (χ4n) is 4.03. The van der Waals surface area contributed by atoms with Crippen LogP contribution in [-0.2, 0) is 13.0 Å².